The van der Waals surface area contributed by atoms with Gasteiger partial charge in [-0.05, 0) is 24.4 Å². The number of rotatable bonds is 1. The Hall–Kier alpha value is -1.42. The first-order valence-corrected chi connectivity index (χ1v) is 5.66. The topological polar surface area (TPSA) is 55.2 Å². The Bertz CT molecular complexity index is 446. The van der Waals surface area contributed by atoms with Gasteiger partial charge in [0.25, 0.3) is 5.54 Å². The fourth-order valence-corrected chi connectivity index (χ4v) is 3.16. The van der Waals surface area contributed by atoms with E-state index < -0.39 is 5.54 Å². The minimum atomic E-state index is -0.877. The molecule has 16 heavy (non-hydrogen) atoms. The zero-order valence-electron chi connectivity index (χ0n) is 8.98. The van der Waals surface area contributed by atoms with Gasteiger partial charge in [-0.1, -0.05) is 24.3 Å². The molecule has 0 amide bonds. The zero-order chi connectivity index (χ0) is 11.2. The van der Waals surface area contributed by atoms with Gasteiger partial charge < -0.3 is 5.32 Å². The van der Waals surface area contributed by atoms with Gasteiger partial charge in [-0.15, -0.1) is 0 Å². The molecule has 3 rings (SSSR count). The lowest BCUT2D eigenvalue weighted by atomic mass is 9.70. The third-order valence-corrected chi connectivity index (χ3v) is 3.85. The molecule has 1 aliphatic heterocycles. The molecule has 2 bridgehead atoms. The molecule has 2 unspecified atom stereocenters. The van der Waals surface area contributed by atoms with Crippen LogP contribution in [-0.2, 0) is 12.0 Å². The average Bonchev–Trinajstić information content (AvgIpc) is 2.29. The molecule has 0 radical (unpaired) electrons. The molecular weight excluding hydrogens is 204 g/mol. The predicted octanol–water partition coefficient (Wildman–Crippen LogP) is 1.32. The summed E-state index contributed by atoms with van der Waals surface area (Å²) in [6.45, 7) is 1.37. The number of nitrogens with zero attached hydrogens (tertiary/aromatic N) is 1. The molecular formula is C12H14N2O2. The van der Waals surface area contributed by atoms with E-state index in [1.165, 1.54) is 0 Å². The van der Waals surface area contributed by atoms with Crippen molar-refractivity contribution in [2.45, 2.75) is 18.4 Å². The van der Waals surface area contributed by atoms with E-state index in [0.29, 0.717) is 18.9 Å². The van der Waals surface area contributed by atoms with Crippen LogP contribution in [0.3, 0.4) is 0 Å². The van der Waals surface area contributed by atoms with Crippen LogP contribution in [0.2, 0.25) is 0 Å². The molecule has 1 N–H and O–H groups in total. The molecule has 4 nitrogen and oxygen atoms in total. The lowest BCUT2D eigenvalue weighted by Gasteiger charge is -2.40. The van der Waals surface area contributed by atoms with Crippen molar-refractivity contribution in [3.63, 3.8) is 0 Å². The van der Waals surface area contributed by atoms with Crippen molar-refractivity contribution < 1.29 is 4.92 Å². The number of nitro groups is 1. The molecule has 84 valence electrons. The number of nitrogens with one attached hydrogen (secondary N) is 1. The van der Waals surface area contributed by atoms with Gasteiger partial charge in [0, 0.05) is 16.9 Å². The van der Waals surface area contributed by atoms with Crippen LogP contribution in [0, 0.1) is 16.0 Å². The van der Waals surface area contributed by atoms with Gasteiger partial charge in [0.1, 0.15) is 0 Å². The predicted molar refractivity (Wildman–Crippen MR) is 59.8 cm³/mol. The lowest BCUT2D eigenvalue weighted by Crippen LogP contribution is -2.55. The van der Waals surface area contributed by atoms with Gasteiger partial charge in [0.05, 0.1) is 6.54 Å². The normalized spacial score (nSPS) is 31.9. The van der Waals surface area contributed by atoms with E-state index in [9.17, 15) is 10.1 Å². The highest BCUT2D eigenvalue weighted by molar-refractivity contribution is 5.36. The average molecular weight is 218 g/mol. The van der Waals surface area contributed by atoms with Crippen LogP contribution in [0.5, 0.6) is 0 Å². The highest BCUT2D eigenvalue weighted by atomic mass is 16.6. The van der Waals surface area contributed by atoms with E-state index in [0.717, 1.165) is 24.1 Å². The molecule has 1 aromatic rings. The monoisotopic (exact) mass is 218 g/mol. The maximum Gasteiger partial charge on any atom is 0.259 e. The Balaban J connectivity index is 2.18. The maximum atomic E-state index is 11.4. The molecule has 4 heteroatoms. The largest absolute Gasteiger partial charge is 0.310 e. The highest BCUT2D eigenvalue weighted by Crippen LogP contribution is 2.41. The summed E-state index contributed by atoms with van der Waals surface area (Å²) in [5.74, 6) is 0.411. The van der Waals surface area contributed by atoms with E-state index >= 15 is 0 Å². The fraction of sp³-hybridized carbons (Fsp3) is 0.500. The van der Waals surface area contributed by atoms with Crippen LogP contribution in [-0.4, -0.2) is 18.0 Å². The Morgan fingerprint density at radius 3 is 3.06 bits per heavy atom. The van der Waals surface area contributed by atoms with Gasteiger partial charge in [0.15, 0.2) is 0 Å². The maximum absolute atomic E-state index is 11.4. The Morgan fingerprint density at radius 1 is 1.44 bits per heavy atom. The summed E-state index contributed by atoms with van der Waals surface area (Å²) in [6.07, 6.45) is 1.66. The number of fused-ring (bicyclic) bond motifs is 4. The summed E-state index contributed by atoms with van der Waals surface area (Å²) >= 11 is 0. The van der Waals surface area contributed by atoms with Gasteiger partial charge in [-0.25, -0.2) is 0 Å². The molecule has 1 aromatic carbocycles. The lowest BCUT2D eigenvalue weighted by molar-refractivity contribution is -0.583. The van der Waals surface area contributed by atoms with E-state index in [2.05, 4.69) is 5.32 Å². The van der Waals surface area contributed by atoms with Crippen molar-refractivity contribution >= 4 is 0 Å². The molecule has 0 spiro atoms. The summed E-state index contributed by atoms with van der Waals surface area (Å²) < 4.78 is 0. The minimum absolute atomic E-state index is 0.0931. The highest BCUT2D eigenvalue weighted by Gasteiger charge is 2.52. The minimum Gasteiger partial charge on any atom is -0.310 e. The van der Waals surface area contributed by atoms with Gasteiger partial charge in [-0.3, -0.25) is 10.1 Å². The smallest absolute Gasteiger partial charge is 0.259 e. The SMILES string of the molecule is O=[N+]([O-])C12CNCC(Cc3ccccc31)C2. The van der Waals surface area contributed by atoms with Crippen LogP contribution >= 0.6 is 0 Å². The summed E-state index contributed by atoms with van der Waals surface area (Å²) in [5, 5.41) is 14.6. The van der Waals surface area contributed by atoms with Crippen LogP contribution < -0.4 is 5.32 Å². The van der Waals surface area contributed by atoms with Gasteiger partial charge in [0.2, 0.25) is 0 Å². The van der Waals surface area contributed by atoms with Crippen LogP contribution in [0.15, 0.2) is 24.3 Å². The number of hydrogen-bond donors (Lipinski definition) is 1. The number of hydrogen-bond acceptors (Lipinski definition) is 3. The summed E-state index contributed by atoms with van der Waals surface area (Å²) in [5.41, 5.74) is 1.21. The van der Waals surface area contributed by atoms with E-state index in [4.69, 9.17) is 0 Å². The van der Waals surface area contributed by atoms with E-state index in [1.807, 2.05) is 24.3 Å². The molecule has 2 atom stereocenters. The second-order valence-electron chi connectivity index (χ2n) is 4.85. The summed E-state index contributed by atoms with van der Waals surface area (Å²) in [4.78, 5) is 11.3. The van der Waals surface area contributed by atoms with Crippen LogP contribution in [0.25, 0.3) is 0 Å². The van der Waals surface area contributed by atoms with E-state index in [-0.39, 0.29) is 4.92 Å². The van der Waals surface area contributed by atoms with Crippen molar-refractivity contribution in [3.8, 4) is 0 Å². The van der Waals surface area contributed by atoms with Crippen LogP contribution in [0.1, 0.15) is 17.5 Å². The second-order valence-corrected chi connectivity index (χ2v) is 4.85. The first-order chi connectivity index (χ1) is 7.72. The molecule has 1 heterocycles. The quantitative estimate of drug-likeness (QED) is 0.571. The number of benzene rings is 1. The van der Waals surface area contributed by atoms with Gasteiger partial charge >= 0.3 is 0 Å². The Kier molecular flexibility index (Phi) is 2.01. The molecule has 2 aliphatic rings. The van der Waals surface area contributed by atoms with Crippen molar-refractivity contribution in [3.05, 3.63) is 45.5 Å². The molecule has 1 saturated heterocycles. The van der Waals surface area contributed by atoms with Crippen molar-refractivity contribution in [1.29, 1.82) is 0 Å². The second kappa shape index (κ2) is 3.28. The third kappa shape index (κ3) is 1.19. The Morgan fingerprint density at radius 2 is 2.25 bits per heavy atom. The summed E-state index contributed by atoms with van der Waals surface area (Å²) in [6, 6.07) is 7.83. The molecule has 1 aliphatic carbocycles. The third-order valence-electron chi connectivity index (χ3n) is 3.85. The van der Waals surface area contributed by atoms with Crippen molar-refractivity contribution in [1.82, 2.24) is 5.32 Å². The zero-order valence-corrected chi connectivity index (χ0v) is 8.98. The summed E-state index contributed by atoms with van der Waals surface area (Å²) in [7, 11) is 0. The molecule has 0 saturated carbocycles. The molecule has 0 aromatic heterocycles. The first-order valence-electron chi connectivity index (χ1n) is 5.66. The Labute approximate surface area is 93.8 Å². The molecule has 1 fully saturated rings. The van der Waals surface area contributed by atoms with Crippen molar-refractivity contribution in [2.24, 2.45) is 5.92 Å². The van der Waals surface area contributed by atoms with Gasteiger partial charge in [-0.2, -0.15) is 0 Å². The van der Waals surface area contributed by atoms with Crippen LogP contribution in [0.4, 0.5) is 0 Å². The fourth-order valence-electron chi connectivity index (χ4n) is 3.16. The first kappa shape index (κ1) is 9.78. The standard InChI is InChI=1S/C12H14N2O2/c15-14(16)12-6-9(7-13-8-12)5-10-3-1-2-4-11(10)12/h1-4,9,13H,5-8H2. The number of piperidine rings is 1. The van der Waals surface area contributed by atoms with E-state index in [1.54, 1.807) is 0 Å². The van der Waals surface area contributed by atoms with Crippen molar-refractivity contribution in [2.75, 3.05) is 13.1 Å².